The van der Waals surface area contributed by atoms with Gasteiger partial charge in [0.25, 0.3) is 0 Å². The van der Waals surface area contributed by atoms with Gasteiger partial charge in [-0.2, -0.15) is 0 Å². The lowest BCUT2D eigenvalue weighted by Crippen LogP contribution is -2.18. The Balaban J connectivity index is 2.21. The molecule has 0 saturated carbocycles. The van der Waals surface area contributed by atoms with E-state index in [1.54, 1.807) is 0 Å². The summed E-state index contributed by atoms with van der Waals surface area (Å²) < 4.78 is 0. The molecule has 4 heteroatoms. The average Bonchev–Trinajstić information content (AvgIpc) is 2.71. The van der Waals surface area contributed by atoms with Crippen molar-refractivity contribution in [1.82, 2.24) is 15.3 Å². The molecule has 1 unspecified atom stereocenters. The lowest BCUT2D eigenvalue weighted by Gasteiger charge is -2.13. The van der Waals surface area contributed by atoms with Crippen LogP contribution in [0.2, 0.25) is 0 Å². The quantitative estimate of drug-likeness (QED) is 0.758. The number of rotatable bonds is 2. The van der Waals surface area contributed by atoms with Crippen LogP contribution in [0.3, 0.4) is 0 Å². The summed E-state index contributed by atoms with van der Waals surface area (Å²) >= 11 is 0. The lowest BCUT2D eigenvalue weighted by molar-refractivity contribution is 0.625. The number of anilines is 1. The fraction of sp³-hybridized carbons (Fsp3) is 0.600. The second-order valence-corrected chi connectivity index (χ2v) is 3.82. The molecular weight excluding hydrogens is 176 g/mol. The molecule has 1 saturated heterocycles. The van der Waals surface area contributed by atoms with Crippen molar-refractivity contribution in [1.29, 1.82) is 0 Å². The minimum absolute atomic E-state index is 0.427. The Hall–Kier alpha value is -1.16. The monoisotopic (exact) mass is 192 g/mol. The Morgan fingerprint density at radius 3 is 3.00 bits per heavy atom. The van der Waals surface area contributed by atoms with E-state index in [0.29, 0.717) is 6.04 Å². The van der Waals surface area contributed by atoms with Gasteiger partial charge in [0.1, 0.15) is 0 Å². The van der Waals surface area contributed by atoms with E-state index in [-0.39, 0.29) is 0 Å². The van der Waals surface area contributed by atoms with E-state index in [1.807, 2.05) is 31.3 Å². The standard InChI is InChI=1S/C10H16N4/c1-14(2)10-12-7-5-9(13-10)8-4-3-6-11-8/h5,7-8,11H,3-4,6H2,1-2H3. The van der Waals surface area contributed by atoms with E-state index in [2.05, 4.69) is 15.3 Å². The molecule has 0 amide bonds. The van der Waals surface area contributed by atoms with Crippen LogP contribution in [0.5, 0.6) is 0 Å². The van der Waals surface area contributed by atoms with E-state index in [9.17, 15) is 0 Å². The smallest absolute Gasteiger partial charge is 0.225 e. The molecule has 1 aromatic rings. The van der Waals surface area contributed by atoms with Gasteiger partial charge in [-0.15, -0.1) is 0 Å². The van der Waals surface area contributed by atoms with Crippen LogP contribution in [0.15, 0.2) is 12.3 Å². The van der Waals surface area contributed by atoms with Crippen LogP contribution in [0.25, 0.3) is 0 Å². The van der Waals surface area contributed by atoms with Crippen LogP contribution < -0.4 is 10.2 Å². The van der Waals surface area contributed by atoms with Gasteiger partial charge in [-0.3, -0.25) is 0 Å². The molecule has 1 aliphatic heterocycles. The van der Waals surface area contributed by atoms with Crippen LogP contribution in [-0.2, 0) is 0 Å². The summed E-state index contributed by atoms with van der Waals surface area (Å²) in [7, 11) is 3.92. The van der Waals surface area contributed by atoms with Crippen molar-refractivity contribution in [2.75, 3.05) is 25.5 Å². The van der Waals surface area contributed by atoms with E-state index in [4.69, 9.17) is 0 Å². The molecule has 0 spiro atoms. The molecule has 4 nitrogen and oxygen atoms in total. The van der Waals surface area contributed by atoms with Crippen LogP contribution in [0, 0.1) is 0 Å². The first kappa shape index (κ1) is 9.40. The molecule has 0 aliphatic carbocycles. The second-order valence-electron chi connectivity index (χ2n) is 3.82. The fourth-order valence-electron chi connectivity index (χ4n) is 1.71. The van der Waals surface area contributed by atoms with Gasteiger partial charge in [-0.05, 0) is 25.5 Å². The van der Waals surface area contributed by atoms with Crippen LogP contribution in [-0.4, -0.2) is 30.6 Å². The minimum atomic E-state index is 0.427. The molecule has 1 fully saturated rings. The molecule has 2 rings (SSSR count). The highest BCUT2D eigenvalue weighted by Crippen LogP contribution is 2.21. The third-order valence-corrected chi connectivity index (χ3v) is 2.48. The molecule has 0 bridgehead atoms. The molecule has 1 aliphatic rings. The van der Waals surface area contributed by atoms with E-state index in [0.717, 1.165) is 18.2 Å². The summed E-state index contributed by atoms with van der Waals surface area (Å²) in [5.74, 6) is 0.788. The maximum atomic E-state index is 4.51. The Labute approximate surface area is 84.4 Å². The molecule has 1 atom stereocenters. The van der Waals surface area contributed by atoms with E-state index >= 15 is 0 Å². The fourth-order valence-corrected chi connectivity index (χ4v) is 1.71. The maximum Gasteiger partial charge on any atom is 0.225 e. The van der Waals surface area contributed by atoms with Crippen molar-refractivity contribution in [3.63, 3.8) is 0 Å². The number of nitrogens with zero attached hydrogens (tertiary/aromatic N) is 3. The molecule has 0 radical (unpaired) electrons. The lowest BCUT2D eigenvalue weighted by atomic mass is 10.1. The predicted molar refractivity (Wildman–Crippen MR) is 56.3 cm³/mol. The van der Waals surface area contributed by atoms with Gasteiger partial charge < -0.3 is 10.2 Å². The van der Waals surface area contributed by atoms with Gasteiger partial charge in [0, 0.05) is 26.3 Å². The maximum absolute atomic E-state index is 4.51. The first-order valence-corrected chi connectivity index (χ1v) is 5.01. The van der Waals surface area contributed by atoms with Gasteiger partial charge in [0.15, 0.2) is 0 Å². The van der Waals surface area contributed by atoms with Gasteiger partial charge in [-0.1, -0.05) is 0 Å². The van der Waals surface area contributed by atoms with Gasteiger partial charge >= 0.3 is 0 Å². The predicted octanol–water partition coefficient (Wildman–Crippen LogP) is 0.967. The number of aromatic nitrogens is 2. The number of nitrogens with one attached hydrogen (secondary N) is 1. The van der Waals surface area contributed by atoms with Crippen molar-refractivity contribution in [2.45, 2.75) is 18.9 Å². The number of hydrogen-bond acceptors (Lipinski definition) is 4. The molecule has 1 N–H and O–H groups in total. The first-order chi connectivity index (χ1) is 6.77. The van der Waals surface area contributed by atoms with Crippen LogP contribution in [0.4, 0.5) is 5.95 Å². The minimum Gasteiger partial charge on any atom is -0.347 e. The van der Waals surface area contributed by atoms with Crippen molar-refractivity contribution in [2.24, 2.45) is 0 Å². The highest BCUT2D eigenvalue weighted by Gasteiger charge is 2.17. The van der Waals surface area contributed by atoms with Crippen molar-refractivity contribution >= 4 is 5.95 Å². The Morgan fingerprint density at radius 2 is 2.36 bits per heavy atom. The van der Waals surface area contributed by atoms with Crippen molar-refractivity contribution in [3.8, 4) is 0 Å². The summed E-state index contributed by atoms with van der Waals surface area (Å²) in [5, 5.41) is 3.43. The zero-order chi connectivity index (χ0) is 9.97. The summed E-state index contributed by atoms with van der Waals surface area (Å²) in [6.45, 7) is 1.10. The SMILES string of the molecule is CN(C)c1nccc(C2CCCN2)n1. The van der Waals surface area contributed by atoms with Gasteiger partial charge in [-0.25, -0.2) is 9.97 Å². The average molecular weight is 192 g/mol. The summed E-state index contributed by atoms with van der Waals surface area (Å²) in [5.41, 5.74) is 1.11. The Morgan fingerprint density at radius 1 is 1.50 bits per heavy atom. The Bertz CT molecular complexity index is 305. The van der Waals surface area contributed by atoms with Gasteiger partial charge in [0.2, 0.25) is 5.95 Å². The van der Waals surface area contributed by atoms with Crippen molar-refractivity contribution < 1.29 is 0 Å². The topological polar surface area (TPSA) is 41.1 Å². The molecule has 0 aromatic carbocycles. The van der Waals surface area contributed by atoms with Gasteiger partial charge in [0.05, 0.1) is 5.69 Å². The molecular formula is C10H16N4. The zero-order valence-corrected chi connectivity index (χ0v) is 8.70. The van der Waals surface area contributed by atoms with E-state index < -0.39 is 0 Å². The molecule has 1 aromatic heterocycles. The second kappa shape index (κ2) is 3.92. The molecule has 14 heavy (non-hydrogen) atoms. The number of hydrogen-bond donors (Lipinski definition) is 1. The van der Waals surface area contributed by atoms with Crippen LogP contribution >= 0.6 is 0 Å². The third-order valence-electron chi connectivity index (χ3n) is 2.48. The largest absolute Gasteiger partial charge is 0.347 e. The first-order valence-electron chi connectivity index (χ1n) is 5.01. The molecule has 2 heterocycles. The van der Waals surface area contributed by atoms with E-state index in [1.165, 1.54) is 12.8 Å². The summed E-state index contributed by atoms with van der Waals surface area (Å²) in [4.78, 5) is 10.6. The normalized spacial score (nSPS) is 21.1. The Kier molecular flexibility index (Phi) is 2.63. The molecule has 76 valence electrons. The van der Waals surface area contributed by atoms with Crippen LogP contribution in [0.1, 0.15) is 24.6 Å². The third kappa shape index (κ3) is 1.85. The van der Waals surface area contributed by atoms with Crippen molar-refractivity contribution in [3.05, 3.63) is 18.0 Å². The zero-order valence-electron chi connectivity index (χ0n) is 8.70. The highest BCUT2D eigenvalue weighted by molar-refractivity contribution is 5.28. The highest BCUT2D eigenvalue weighted by atomic mass is 15.2. The summed E-state index contributed by atoms with van der Waals surface area (Å²) in [6.07, 6.45) is 4.26. The summed E-state index contributed by atoms with van der Waals surface area (Å²) in [6, 6.07) is 2.42.